The quantitative estimate of drug-likeness (QED) is 0.470. The number of anilines is 1. The summed E-state index contributed by atoms with van der Waals surface area (Å²) in [5, 5.41) is 4.86. The Morgan fingerprint density at radius 2 is 1.85 bits per heavy atom. The highest BCUT2D eigenvalue weighted by Crippen LogP contribution is 2.22. The van der Waals surface area contributed by atoms with Crippen LogP contribution in [-0.2, 0) is 11.4 Å². The first-order valence-electron chi connectivity index (χ1n) is 10.7. The van der Waals surface area contributed by atoms with Crippen LogP contribution < -0.4 is 4.90 Å². The van der Waals surface area contributed by atoms with E-state index in [2.05, 4.69) is 5.16 Å². The lowest BCUT2D eigenvalue weighted by Crippen LogP contribution is -2.37. The molecule has 1 aliphatic rings. The van der Waals surface area contributed by atoms with Crippen molar-refractivity contribution in [3.63, 3.8) is 0 Å². The van der Waals surface area contributed by atoms with Crippen molar-refractivity contribution in [2.75, 3.05) is 25.5 Å². The summed E-state index contributed by atoms with van der Waals surface area (Å²) in [6, 6.07) is 21.1. The van der Waals surface area contributed by atoms with E-state index in [-0.39, 0.29) is 17.6 Å². The molecule has 3 aromatic carbocycles. The van der Waals surface area contributed by atoms with Crippen molar-refractivity contribution in [3.05, 3.63) is 100 Å². The Hall–Kier alpha value is -3.38. The Morgan fingerprint density at radius 1 is 1.09 bits per heavy atom. The molecule has 0 saturated heterocycles. The van der Waals surface area contributed by atoms with E-state index in [1.165, 1.54) is 18.2 Å². The van der Waals surface area contributed by atoms with Crippen LogP contribution in [0.25, 0.3) is 0 Å². The van der Waals surface area contributed by atoms with Crippen LogP contribution in [0.5, 0.6) is 0 Å². The molecular weight excluding hydrogens is 441 g/mol. The van der Waals surface area contributed by atoms with Gasteiger partial charge < -0.3 is 14.6 Å². The second-order valence-electron chi connectivity index (χ2n) is 8.24. The minimum atomic E-state index is -0.451. The van der Waals surface area contributed by atoms with E-state index >= 15 is 0 Å². The molecule has 170 valence electrons. The third-order valence-electron chi connectivity index (χ3n) is 5.50. The van der Waals surface area contributed by atoms with Gasteiger partial charge in [-0.3, -0.25) is 4.79 Å². The molecule has 5 nitrogen and oxygen atoms in total. The van der Waals surface area contributed by atoms with Crippen molar-refractivity contribution in [2.24, 2.45) is 5.16 Å². The Bertz CT molecular complexity index is 1160. The lowest BCUT2D eigenvalue weighted by atomic mass is 10.0. The summed E-state index contributed by atoms with van der Waals surface area (Å²) < 4.78 is 13.8. The monoisotopic (exact) mass is 465 g/mol. The molecule has 0 aliphatic carbocycles. The van der Waals surface area contributed by atoms with Gasteiger partial charge in [0.25, 0.3) is 5.91 Å². The van der Waals surface area contributed by atoms with Crippen molar-refractivity contribution < 1.29 is 14.0 Å². The van der Waals surface area contributed by atoms with Crippen LogP contribution in [0.3, 0.4) is 0 Å². The van der Waals surface area contributed by atoms with Gasteiger partial charge in [-0.25, -0.2) is 4.39 Å². The number of carbonyl (C=O) groups excluding carboxylic acids is 1. The minimum Gasteiger partial charge on any atom is -0.390 e. The molecule has 7 heteroatoms. The van der Waals surface area contributed by atoms with Crippen LogP contribution in [0, 0.1) is 5.82 Å². The predicted molar refractivity (Wildman–Crippen MR) is 129 cm³/mol. The van der Waals surface area contributed by atoms with Gasteiger partial charge in [0.2, 0.25) is 0 Å². The minimum absolute atomic E-state index is 0.276. The van der Waals surface area contributed by atoms with Crippen LogP contribution in [0.15, 0.2) is 78.0 Å². The van der Waals surface area contributed by atoms with Gasteiger partial charge in [0, 0.05) is 43.3 Å². The summed E-state index contributed by atoms with van der Waals surface area (Å²) in [6.45, 7) is 0.632. The largest absolute Gasteiger partial charge is 0.390 e. The van der Waals surface area contributed by atoms with Gasteiger partial charge in [0.1, 0.15) is 5.82 Å². The molecule has 0 fully saturated rings. The highest BCUT2D eigenvalue weighted by atomic mass is 35.5. The van der Waals surface area contributed by atoms with E-state index in [1.807, 2.05) is 61.5 Å². The fourth-order valence-electron chi connectivity index (χ4n) is 3.77. The molecule has 1 amide bonds. The first-order chi connectivity index (χ1) is 15.9. The Balaban J connectivity index is 1.50. The fourth-order valence-corrected chi connectivity index (χ4v) is 3.99. The van der Waals surface area contributed by atoms with Gasteiger partial charge in [-0.1, -0.05) is 47.1 Å². The van der Waals surface area contributed by atoms with E-state index in [0.29, 0.717) is 24.5 Å². The number of hydrogen-bond donors (Lipinski definition) is 0. The number of carbonyl (C=O) groups is 1. The van der Waals surface area contributed by atoms with Crippen molar-refractivity contribution in [2.45, 2.75) is 19.1 Å². The zero-order valence-corrected chi connectivity index (χ0v) is 19.3. The second-order valence-corrected chi connectivity index (χ2v) is 8.67. The molecule has 0 radical (unpaired) electrons. The predicted octanol–water partition coefficient (Wildman–Crippen LogP) is 5.38. The first kappa shape index (κ1) is 22.8. The van der Waals surface area contributed by atoms with Crippen molar-refractivity contribution >= 4 is 28.9 Å². The van der Waals surface area contributed by atoms with Crippen LogP contribution in [-0.4, -0.2) is 43.3 Å². The molecule has 1 heterocycles. The topological polar surface area (TPSA) is 45.1 Å². The molecule has 0 saturated carbocycles. The normalized spacial score (nSPS) is 15.0. The maximum Gasteiger partial charge on any atom is 0.254 e. The Labute approximate surface area is 198 Å². The molecule has 0 N–H and O–H groups in total. The standard InChI is InChI=1S/C26H25ClFN3O2/c1-30(2)23-11-9-19(10-12-23)25-15-24(33-29-25)17-31(16-18-5-3-7-21(27)13-18)26(32)20-6-4-8-22(28)14-20/h3-14,24H,15-17H2,1-2H3. The average molecular weight is 466 g/mol. The smallest absolute Gasteiger partial charge is 0.254 e. The van der Waals surface area contributed by atoms with Gasteiger partial charge in [0.15, 0.2) is 6.10 Å². The van der Waals surface area contributed by atoms with Crippen LogP contribution in [0.2, 0.25) is 5.02 Å². The van der Waals surface area contributed by atoms with Crippen LogP contribution in [0.1, 0.15) is 27.9 Å². The molecule has 4 rings (SSSR count). The van der Waals surface area contributed by atoms with Crippen LogP contribution >= 0.6 is 11.6 Å². The van der Waals surface area contributed by atoms with Crippen molar-refractivity contribution in [1.82, 2.24) is 4.90 Å². The lowest BCUT2D eigenvalue weighted by Gasteiger charge is -2.25. The van der Waals surface area contributed by atoms with E-state index in [4.69, 9.17) is 16.4 Å². The highest BCUT2D eigenvalue weighted by Gasteiger charge is 2.27. The molecule has 3 aromatic rings. The zero-order chi connectivity index (χ0) is 23.4. The maximum atomic E-state index is 13.8. The van der Waals surface area contributed by atoms with E-state index in [1.54, 1.807) is 17.0 Å². The highest BCUT2D eigenvalue weighted by molar-refractivity contribution is 6.30. The van der Waals surface area contributed by atoms with Gasteiger partial charge in [-0.05, 0) is 53.6 Å². The van der Waals surface area contributed by atoms with Gasteiger partial charge in [-0.15, -0.1) is 0 Å². The summed E-state index contributed by atoms with van der Waals surface area (Å²) in [5.74, 6) is -0.727. The van der Waals surface area contributed by atoms with Crippen molar-refractivity contribution in [1.29, 1.82) is 0 Å². The third kappa shape index (κ3) is 5.71. The summed E-state index contributed by atoms with van der Waals surface area (Å²) in [4.78, 5) is 22.6. The Morgan fingerprint density at radius 3 is 2.55 bits per heavy atom. The maximum absolute atomic E-state index is 13.8. The number of nitrogens with zero attached hydrogens (tertiary/aromatic N) is 3. The molecular formula is C26H25ClFN3O2. The molecule has 1 unspecified atom stereocenters. The van der Waals surface area contributed by atoms with Crippen molar-refractivity contribution in [3.8, 4) is 0 Å². The van der Waals surface area contributed by atoms with Gasteiger partial charge >= 0.3 is 0 Å². The fraction of sp³-hybridized carbons (Fsp3) is 0.231. The van der Waals surface area contributed by atoms with Crippen LogP contribution in [0.4, 0.5) is 10.1 Å². The van der Waals surface area contributed by atoms with E-state index < -0.39 is 5.82 Å². The molecule has 33 heavy (non-hydrogen) atoms. The number of hydrogen-bond acceptors (Lipinski definition) is 4. The third-order valence-corrected chi connectivity index (χ3v) is 5.73. The summed E-state index contributed by atoms with van der Waals surface area (Å²) in [6.07, 6.45) is 0.272. The molecule has 0 bridgehead atoms. The summed E-state index contributed by atoms with van der Waals surface area (Å²) in [7, 11) is 3.98. The molecule has 1 aliphatic heterocycles. The number of rotatable bonds is 7. The SMILES string of the molecule is CN(C)c1ccc(C2=NOC(CN(Cc3cccc(Cl)c3)C(=O)c3cccc(F)c3)C2)cc1. The summed E-state index contributed by atoms with van der Waals surface area (Å²) in [5.41, 5.74) is 4.09. The summed E-state index contributed by atoms with van der Waals surface area (Å²) >= 11 is 6.13. The number of halogens is 2. The number of benzene rings is 3. The molecule has 0 aromatic heterocycles. The lowest BCUT2D eigenvalue weighted by molar-refractivity contribution is 0.0405. The number of amides is 1. The first-order valence-corrected chi connectivity index (χ1v) is 11.1. The average Bonchev–Trinajstić information content (AvgIpc) is 3.27. The Kier molecular flexibility index (Phi) is 6.94. The molecule has 0 spiro atoms. The van der Waals surface area contributed by atoms with E-state index in [0.717, 1.165) is 22.5 Å². The van der Waals surface area contributed by atoms with E-state index in [9.17, 15) is 9.18 Å². The van der Waals surface area contributed by atoms with Gasteiger partial charge in [0.05, 0.1) is 12.3 Å². The second kappa shape index (κ2) is 10.0. The van der Waals surface area contributed by atoms with Gasteiger partial charge in [-0.2, -0.15) is 0 Å². The zero-order valence-electron chi connectivity index (χ0n) is 18.5. The number of oxime groups is 1. The molecule has 1 atom stereocenters.